The van der Waals surface area contributed by atoms with Gasteiger partial charge in [0.2, 0.25) is 0 Å². The average Bonchev–Trinajstić information content (AvgIpc) is 2.92. The van der Waals surface area contributed by atoms with Gasteiger partial charge in [0.1, 0.15) is 5.70 Å². The maximum Gasteiger partial charge on any atom is 0.329 e. The van der Waals surface area contributed by atoms with Gasteiger partial charge in [0.05, 0.1) is 12.0 Å². The van der Waals surface area contributed by atoms with E-state index in [2.05, 4.69) is 10.6 Å². The molecule has 0 atom stereocenters. The second-order valence-electron chi connectivity index (χ2n) is 4.92. The van der Waals surface area contributed by atoms with Gasteiger partial charge < -0.3 is 10.4 Å². The van der Waals surface area contributed by atoms with Crippen LogP contribution in [0.5, 0.6) is 0 Å². The van der Waals surface area contributed by atoms with Crippen LogP contribution in [-0.4, -0.2) is 40.4 Å². The smallest absolute Gasteiger partial charge is 0.329 e. The van der Waals surface area contributed by atoms with E-state index < -0.39 is 23.8 Å². The van der Waals surface area contributed by atoms with Crippen LogP contribution in [0.4, 0.5) is 10.5 Å². The first-order valence-electron chi connectivity index (χ1n) is 6.58. The van der Waals surface area contributed by atoms with Crippen LogP contribution in [0.1, 0.15) is 12.0 Å². The number of carbonyl (C=O) groups is 4. The van der Waals surface area contributed by atoms with Crippen molar-refractivity contribution in [1.29, 1.82) is 0 Å². The Labute approximate surface area is 134 Å². The Morgan fingerprint density at radius 3 is 2.61 bits per heavy atom. The number of benzene rings is 1. The van der Waals surface area contributed by atoms with E-state index in [1.54, 1.807) is 12.1 Å². The third-order valence-electron chi connectivity index (χ3n) is 3.46. The van der Waals surface area contributed by atoms with Gasteiger partial charge in [0.15, 0.2) is 0 Å². The van der Waals surface area contributed by atoms with Gasteiger partial charge in [-0.3, -0.25) is 24.6 Å². The molecule has 2 aliphatic rings. The Bertz CT molecular complexity index is 802. The van der Waals surface area contributed by atoms with Crippen molar-refractivity contribution in [3.63, 3.8) is 0 Å². The first-order chi connectivity index (χ1) is 10.9. The van der Waals surface area contributed by atoms with Gasteiger partial charge in [-0.25, -0.2) is 4.79 Å². The second-order valence-corrected chi connectivity index (χ2v) is 5.36. The molecular weight excluding hydrogens is 326 g/mol. The molecule has 0 unspecified atom stereocenters. The lowest BCUT2D eigenvalue weighted by Gasteiger charge is -2.15. The van der Waals surface area contributed by atoms with Gasteiger partial charge in [-0.15, -0.1) is 0 Å². The topological polar surface area (TPSA) is 116 Å². The third kappa shape index (κ3) is 2.53. The number of hydrogen-bond acceptors (Lipinski definition) is 4. The summed E-state index contributed by atoms with van der Waals surface area (Å²) in [6, 6.07) is 3.90. The first-order valence-corrected chi connectivity index (χ1v) is 6.96. The highest BCUT2D eigenvalue weighted by Gasteiger charge is 2.40. The molecule has 1 saturated heterocycles. The fourth-order valence-electron chi connectivity index (χ4n) is 2.49. The standard InChI is InChI=1S/C14H10ClN3O5/c15-6-1-2-8-7(5-6)10(12(21)16-8)11-13(22)17-14(23)18(11)4-3-9(19)20/h1-2,5H,3-4H2,(H,16,21)(H,19,20)(H,17,22,23)/b11-10-. The summed E-state index contributed by atoms with van der Waals surface area (Å²) in [4.78, 5) is 47.8. The van der Waals surface area contributed by atoms with Crippen LogP contribution in [0, 0.1) is 0 Å². The lowest BCUT2D eigenvalue weighted by molar-refractivity contribution is -0.137. The summed E-state index contributed by atoms with van der Waals surface area (Å²) in [5.41, 5.74) is 0.681. The molecule has 2 heterocycles. The zero-order valence-corrected chi connectivity index (χ0v) is 12.3. The van der Waals surface area contributed by atoms with Gasteiger partial charge in [-0.2, -0.15) is 0 Å². The van der Waals surface area contributed by atoms with Gasteiger partial charge in [0.25, 0.3) is 11.8 Å². The van der Waals surface area contributed by atoms with E-state index >= 15 is 0 Å². The van der Waals surface area contributed by atoms with Gasteiger partial charge in [-0.1, -0.05) is 11.6 Å². The lowest BCUT2D eigenvalue weighted by Crippen LogP contribution is -2.30. The monoisotopic (exact) mass is 335 g/mol. The molecule has 9 heteroatoms. The Morgan fingerprint density at radius 1 is 1.17 bits per heavy atom. The lowest BCUT2D eigenvalue weighted by atomic mass is 10.0. The van der Waals surface area contributed by atoms with Crippen molar-refractivity contribution in [1.82, 2.24) is 10.2 Å². The van der Waals surface area contributed by atoms with Crippen molar-refractivity contribution < 1.29 is 24.3 Å². The van der Waals surface area contributed by atoms with Gasteiger partial charge in [0, 0.05) is 22.8 Å². The zero-order chi connectivity index (χ0) is 16.7. The van der Waals surface area contributed by atoms with E-state index in [0.717, 1.165) is 4.90 Å². The van der Waals surface area contributed by atoms with E-state index in [1.165, 1.54) is 6.07 Å². The highest BCUT2D eigenvalue weighted by Crippen LogP contribution is 2.37. The molecule has 4 amide bonds. The van der Waals surface area contributed by atoms with Crippen molar-refractivity contribution in [2.75, 3.05) is 11.9 Å². The number of amides is 4. The van der Waals surface area contributed by atoms with E-state index in [0.29, 0.717) is 16.3 Å². The molecule has 0 aromatic heterocycles. The minimum Gasteiger partial charge on any atom is -0.481 e. The Balaban J connectivity index is 2.13. The number of anilines is 1. The van der Waals surface area contributed by atoms with Crippen molar-refractivity contribution in [3.8, 4) is 0 Å². The molecule has 0 aliphatic carbocycles. The Morgan fingerprint density at radius 2 is 1.91 bits per heavy atom. The quantitative estimate of drug-likeness (QED) is 0.563. The van der Waals surface area contributed by atoms with Crippen molar-refractivity contribution in [2.45, 2.75) is 6.42 Å². The van der Waals surface area contributed by atoms with Crippen LogP contribution >= 0.6 is 11.6 Å². The number of imide groups is 1. The number of aliphatic carboxylic acids is 1. The summed E-state index contributed by atoms with van der Waals surface area (Å²) in [6.07, 6.45) is -0.360. The number of carboxylic acid groups (broad SMARTS) is 1. The summed E-state index contributed by atoms with van der Waals surface area (Å²) < 4.78 is 0. The summed E-state index contributed by atoms with van der Waals surface area (Å²) in [6.45, 7) is -0.227. The molecule has 0 saturated carbocycles. The summed E-state index contributed by atoms with van der Waals surface area (Å²) in [5.74, 6) is -2.43. The molecule has 0 bridgehead atoms. The largest absolute Gasteiger partial charge is 0.481 e. The summed E-state index contributed by atoms with van der Waals surface area (Å²) >= 11 is 5.93. The van der Waals surface area contributed by atoms with Crippen molar-refractivity contribution >= 4 is 46.7 Å². The number of carboxylic acids is 1. The number of nitrogens with zero attached hydrogens (tertiary/aromatic N) is 1. The van der Waals surface area contributed by atoms with E-state index in [9.17, 15) is 19.2 Å². The molecule has 0 radical (unpaired) electrons. The maximum atomic E-state index is 12.2. The molecule has 0 spiro atoms. The van der Waals surface area contributed by atoms with Gasteiger partial charge in [-0.05, 0) is 18.2 Å². The van der Waals surface area contributed by atoms with E-state index in [1.807, 2.05) is 0 Å². The number of carbonyl (C=O) groups excluding carboxylic acids is 3. The number of nitrogens with one attached hydrogen (secondary N) is 2. The molecular formula is C14H10ClN3O5. The Kier molecular flexibility index (Phi) is 3.53. The molecule has 118 valence electrons. The molecule has 1 aromatic carbocycles. The predicted octanol–water partition coefficient (Wildman–Crippen LogP) is 1.03. The van der Waals surface area contributed by atoms with Crippen LogP contribution in [0.15, 0.2) is 23.9 Å². The second kappa shape index (κ2) is 5.40. The number of halogens is 1. The SMILES string of the molecule is O=C(O)CCN1C(=O)NC(=O)/C1=C1/C(=O)Nc2ccc(Cl)cc21. The molecule has 3 rings (SSSR count). The average molecular weight is 336 g/mol. The van der Waals surface area contributed by atoms with Crippen LogP contribution < -0.4 is 10.6 Å². The summed E-state index contributed by atoms with van der Waals surface area (Å²) in [5, 5.41) is 13.8. The first kappa shape index (κ1) is 15.0. The number of urea groups is 1. The molecule has 1 aromatic rings. The molecule has 8 nitrogen and oxygen atoms in total. The predicted molar refractivity (Wildman–Crippen MR) is 79.5 cm³/mol. The van der Waals surface area contributed by atoms with Crippen LogP contribution in [0.25, 0.3) is 5.57 Å². The maximum absolute atomic E-state index is 12.2. The molecule has 1 fully saturated rings. The molecule has 23 heavy (non-hydrogen) atoms. The number of hydrogen-bond donors (Lipinski definition) is 3. The number of fused-ring (bicyclic) bond motifs is 1. The van der Waals surface area contributed by atoms with Crippen LogP contribution in [0.3, 0.4) is 0 Å². The zero-order valence-electron chi connectivity index (χ0n) is 11.6. The van der Waals surface area contributed by atoms with Crippen molar-refractivity contribution in [3.05, 3.63) is 34.5 Å². The number of rotatable bonds is 3. The van der Waals surface area contributed by atoms with Gasteiger partial charge >= 0.3 is 12.0 Å². The minimum atomic E-state index is -1.12. The summed E-state index contributed by atoms with van der Waals surface area (Å²) in [7, 11) is 0. The molecule has 2 aliphatic heterocycles. The van der Waals surface area contributed by atoms with Crippen LogP contribution in [0.2, 0.25) is 5.02 Å². The third-order valence-corrected chi connectivity index (χ3v) is 3.70. The van der Waals surface area contributed by atoms with Crippen molar-refractivity contribution in [2.24, 2.45) is 0 Å². The minimum absolute atomic E-state index is 0.00348. The van der Waals surface area contributed by atoms with Crippen LogP contribution in [-0.2, 0) is 14.4 Å². The van der Waals surface area contributed by atoms with E-state index in [-0.39, 0.29) is 24.2 Å². The Hall–Kier alpha value is -2.87. The molecule has 3 N–H and O–H groups in total. The highest BCUT2D eigenvalue weighted by molar-refractivity contribution is 6.38. The fraction of sp³-hybridized carbons (Fsp3) is 0.143. The highest BCUT2D eigenvalue weighted by atomic mass is 35.5. The van der Waals surface area contributed by atoms with E-state index in [4.69, 9.17) is 16.7 Å². The fourth-order valence-corrected chi connectivity index (χ4v) is 2.66. The normalized spacial score (nSPS) is 19.7.